The van der Waals surface area contributed by atoms with E-state index in [2.05, 4.69) is 28.0 Å². The second kappa shape index (κ2) is 4.21. The van der Waals surface area contributed by atoms with E-state index in [1.165, 1.54) is 56.8 Å². The normalized spacial score (nSPS) is 26.7. The molecule has 3 heterocycles. The predicted octanol–water partition coefficient (Wildman–Crippen LogP) is 1.75. The maximum atomic E-state index is 4.43. The Morgan fingerprint density at radius 1 is 1.25 bits per heavy atom. The molecule has 0 saturated carbocycles. The number of hydrogen-bond acceptors (Lipinski definition) is 2. The number of nitrogens with zero attached hydrogens (tertiary/aromatic N) is 2. The van der Waals surface area contributed by atoms with Crippen LogP contribution in [0, 0.1) is 18.8 Å². The van der Waals surface area contributed by atoms with Crippen molar-refractivity contribution in [2.45, 2.75) is 39.2 Å². The first-order valence-electron chi connectivity index (χ1n) is 6.56. The van der Waals surface area contributed by atoms with Crippen LogP contribution < -0.4 is 5.32 Å². The molecule has 0 spiro atoms. The van der Waals surface area contributed by atoms with Crippen LogP contribution in [0.5, 0.6) is 0 Å². The number of hydrogen-bond donors (Lipinski definition) is 1. The summed E-state index contributed by atoms with van der Waals surface area (Å²) < 4.78 is 2.40. The van der Waals surface area contributed by atoms with Crippen molar-refractivity contribution in [2.24, 2.45) is 11.8 Å². The van der Waals surface area contributed by atoms with Gasteiger partial charge in [0.25, 0.3) is 0 Å². The SMILES string of the molecule is Cc1ncc2n1CCC(C1CCNCC1)C2. The lowest BCUT2D eigenvalue weighted by molar-refractivity contribution is 0.218. The number of piperidine rings is 1. The minimum absolute atomic E-state index is 0.908. The van der Waals surface area contributed by atoms with Crippen molar-refractivity contribution in [2.75, 3.05) is 13.1 Å². The largest absolute Gasteiger partial charge is 0.332 e. The van der Waals surface area contributed by atoms with Gasteiger partial charge in [0.15, 0.2) is 0 Å². The van der Waals surface area contributed by atoms with Crippen LogP contribution in [-0.4, -0.2) is 22.6 Å². The van der Waals surface area contributed by atoms with E-state index in [4.69, 9.17) is 0 Å². The summed E-state index contributed by atoms with van der Waals surface area (Å²) in [6.45, 7) is 5.75. The summed E-state index contributed by atoms with van der Waals surface area (Å²) in [5.74, 6) is 3.05. The first-order valence-corrected chi connectivity index (χ1v) is 6.56. The summed E-state index contributed by atoms with van der Waals surface area (Å²) in [7, 11) is 0. The lowest BCUT2D eigenvalue weighted by atomic mass is 9.79. The molecule has 0 radical (unpaired) electrons. The summed E-state index contributed by atoms with van der Waals surface area (Å²) in [5.41, 5.74) is 1.47. The van der Waals surface area contributed by atoms with Gasteiger partial charge in [-0.25, -0.2) is 4.98 Å². The van der Waals surface area contributed by atoms with Gasteiger partial charge >= 0.3 is 0 Å². The molecule has 1 saturated heterocycles. The van der Waals surface area contributed by atoms with Gasteiger partial charge in [-0.2, -0.15) is 0 Å². The van der Waals surface area contributed by atoms with Crippen LogP contribution in [0.4, 0.5) is 0 Å². The lowest BCUT2D eigenvalue weighted by Crippen LogP contribution is -2.34. The molecule has 0 bridgehead atoms. The fraction of sp³-hybridized carbons (Fsp3) is 0.769. The molecule has 0 aliphatic carbocycles. The third-order valence-electron chi connectivity index (χ3n) is 4.38. The van der Waals surface area contributed by atoms with Gasteiger partial charge in [-0.3, -0.25) is 0 Å². The zero-order valence-electron chi connectivity index (χ0n) is 10.1. The average molecular weight is 219 g/mol. The highest BCUT2D eigenvalue weighted by Crippen LogP contribution is 2.32. The third kappa shape index (κ3) is 1.77. The summed E-state index contributed by atoms with van der Waals surface area (Å²) >= 11 is 0. The minimum Gasteiger partial charge on any atom is -0.332 e. The molecule has 1 N–H and O–H groups in total. The van der Waals surface area contributed by atoms with Gasteiger partial charge in [0, 0.05) is 18.4 Å². The van der Waals surface area contributed by atoms with Crippen LogP contribution in [0.25, 0.3) is 0 Å². The van der Waals surface area contributed by atoms with Gasteiger partial charge in [0.05, 0.1) is 0 Å². The van der Waals surface area contributed by atoms with E-state index >= 15 is 0 Å². The van der Waals surface area contributed by atoms with E-state index in [9.17, 15) is 0 Å². The van der Waals surface area contributed by atoms with E-state index in [0.29, 0.717) is 0 Å². The fourth-order valence-corrected chi connectivity index (χ4v) is 3.37. The molecule has 88 valence electrons. The molecule has 3 rings (SSSR count). The molecule has 1 atom stereocenters. The number of nitrogens with one attached hydrogen (secondary N) is 1. The molecule has 0 amide bonds. The van der Waals surface area contributed by atoms with Gasteiger partial charge in [0.1, 0.15) is 5.82 Å². The van der Waals surface area contributed by atoms with Crippen LogP contribution in [0.15, 0.2) is 6.20 Å². The second-order valence-corrected chi connectivity index (χ2v) is 5.29. The van der Waals surface area contributed by atoms with E-state index in [1.54, 1.807) is 0 Å². The first-order chi connectivity index (χ1) is 7.84. The summed E-state index contributed by atoms with van der Waals surface area (Å²) in [5, 5.41) is 3.46. The Balaban J connectivity index is 1.72. The standard InChI is InChI=1S/C13H21N3/c1-10-15-9-13-8-12(4-7-16(10)13)11-2-5-14-6-3-11/h9,11-12,14H,2-8H2,1H3. The van der Waals surface area contributed by atoms with E-state index < -0.39 is 0 Å². The Kier molecular flexibility index (Phi) is 2.72. The third-order valence-corrected chi connectivity index (χ3v) is 4.38. The predicted molar refractivity (Wildman–Crippen MR) is 64.4 cm³/mol. The molecular formula is C13H21N3. The highest BCUT2D eigenvalue weighted by Gasteiger charge is 2.27. The van der Waals surface area contributed by atoms with Gasteiger partial charge < -0.3 is 9.88 Å². The van der Waals surface area contributed by atoms with Gasteiger partial charge in [-0.05, 0) is 57.5 Å². The molecule has 16 heavy (non-hydrogen) atoms. The Hall–Kier alpha value is -0.830. The average Bonchev–Trinajstić information content (AvgIpc) is 2.72. The van der Waals surface area contributed by atoms with Crippen molar-refractivity contribution in [3.05, 3.63) is 17.7 Å². The molecule has 2 aliphatic heterocycles. The Bertz CT molecular complexity index is 363. The van der Waals surface area contributed by atoms with Crippen LogP contribution in [-0.2, 0) is 13.0 Å². The molecule has 2 aliphatic rings. The summed E-state index contributed by atoms with van der Waals surface area (Å²) in [6.07, 6.45) is 7.44. The molecule has 3 nitrogen and oxygen atoms in total. The Morgan fingerprint density at radius 2 is 2.06 bits per heavy atom. The fourth-order valence-electron chi connectivity index (χ4n) is 3.37. The van der Waals surface area contributed by atoms with Crippen molar-refractivity contribution in [1.82, 2.24) is 14.9 Å². The molecule has 1 fully saturated rings. The molecule has 1 aromatic rings. The lowest BCUT2D eigenvalue weighted by Gasteiger charge is -2.34. The van der Waals surface area contributed by atoms with Gasteiger partial charge in [-0.1, -0.05) is 0 Å². The Morgan fingerprint density at radius 3 is 2.88 bits per heavy atom. The number of rotatable bonds is 1. The quantitative estimate of drug-likeness (QED) is 0.780. The van der Waals surface area contributed by atoms with Crippen molar-refractivity contribution < 1.29 is 0 Å². The van der Waals surface area contributed by atoms with E-state index in [1.807, 2.05) is 0 Å². The second-order valence-electron chi connectivity index (χ2n) is 5.29. The zero-order valence-corrected chi connectivity index (χ0v) is 10.1. The van der Waals surface area contributed by atoms with Crippen LogP contribution >= 0.6 is 0 Å². The topological polar surface area (TPSA) is 29.9 Å². The summed E-state index contributed by atoms with van der Waals surface area (Å²) in [6, 6.07) is 0. The minimum atomic E-state index is 0.908. The van der Waals surface area contributed by atoms with Crippen molar-refractivity contribution in [3.63, 3.8) is 0 Å². The molecular weight excluding hydrogens is 198 g/mol. The van der Waals surface area contributed by atoms with Crippen LogP contribution in [0.2, 0.25) is 0 Å². The van der Waals surface area contributed by atoms with Gasteiger partial charge in [-0.15, -0.1) is 0 Å². The van der Waals surface area contributed by atoms with Crippen LogP contribution in [0.3, 0.4) is 0 Å². The zero-order chi connectivity index (χ0) is 11.0. The number of fused-ring (bicyclic) bond motifs is 1. The summed E-state index contributed by atoms with van der Waals surface area (Å²) in [4.78, 5) is 4.43. The first kappa shape index (κ1) is 10.3. The molecule has 3 heteroatoms. The molecule has 1 unspecified atom stereocenters. The van der Waals surface area contributed by atoms with Crippen molar-refractivity contribution in [3.8, 4) is 0 Å². The van der Waals surface area contributed by atoms with E-state index in [-0.39, 0.29) is 0 Å². The maximum absolute atomic E-state index is 4.43. The molecule has 0 aromatic carbocycles. The van der Waals surface area contributed by atoms with Crippen molar-refractivity contribution in [1.29, 1.82) is 0 Å². The van der Waals surface area contributed by atoms with Crippen LogP contribution in [0.1, 0.15) is 30.8 Å². The van der Waals surface area contributed by atoms with E-state index in [0.717, 1.165) is 11.8 Å². The number of imidazole rings is 1. The molecule has 1 aromatic heterocycles. The van der Waals surface area contributed by atoms with Gasteiger partial charge in [0.2, 0.25) is 0 Å². The smallest absolute Gasteiger partial charge is 0.105 e. The number of aryl methyl sites for hydroxylation is 1. The number of aromatic nitrogens is 2. The Labute approximate surface area is 97.3 Å². The monoisotopic (exact) mass is 219 g/mol. The highest BCUT2D eigenvalue weighted by atomic mass is 15.1. The maximum Gasteiger partial charge on any atom is 0.105 e. The highest BCUT2D eigenvalue weighted by molar-refractivity contribution is 5.08. The van der Waals surface area contributed by atoms with Crippen molar-refractivity contribution >= 4 is 0 Å².